The number of hydrogen-bond donors (Lipinski definition) is 2. The number of hydrogen-bond acceptors (Lipinski definition) is 2. The fraction of sp³-hybridized carbons (Fsp3) is 0.667. The van der Waals surface area contributed by atoms with Crippen LogP contribution in [0, 0.1) is 5.92 Å². The largest absolute Gasteiger partial charge is 0.361 e. The number of nitrogens with two attached hydrogens (primary N) is 1. The highest BCUT2D eigenvalue weighted by Gasteiger charge is 2.22. The summed E-state index contributed by atoms with van der Waals surface area (Å²) in [6, 6.07) is 0. The van der Waals surface area contributed by atoms with Gasteiger partial charge in [-0.2, -0.15) is 0 Å². The molecule has 1 rings (SSSR count). The van der Waals surface area contributed by atoms with Crippen molar-refractivity contribution in [1.29, 1.82) is 0 Å². The molecule has 0 bridgehead atoms. The van der Waals surface area contributed by atoms with Crippen LogP contribution >= 0.6 is 0 Å². The van der Waals surface area contributed by atoms with Gasteiger partial charge in [-0.25, -0.2) is 0 Å². The van der Waals surface area contributed by atoms with E-state index in [-0.39, 0.29) is 0 Å². The summed E-state index contributed by atoms with van der Waals surface area (Å²) >= 11 is 0. The molecule has 0 spiro atoms. The van der Waals surface area contributed by atoms with E-state index in [4.69, 9.17) is 5.73 Å². The van der Waals surface area contributed by atoms with Crippen LogP contribution in [0.5, 0.6) is 0 Å². The van der Waals surface area contributed by atoms with Gasteiger partial charge in [-0.3, -0.25) is 9.59 Å². The number of nitrogens with one attached hydrogen (secondary N) is 1. The number of carbonyl (C=O) groups excluding carboxylic acids is 2. The molecule has 1 aliphatic rings. The Hall–Kier alpha value is -1.06. The molecule has 56 valence electrons. The Labute approximate surface area is 58.8 Å². The first kappa shape index (κ1) is 7.05. The van der Waals surface area contributed by atoms with Crippen LogP contribution in [0.25, 0.3) is 0 Å². The smallest absolute Gasteiger partial charge is 0.309 e. The number of primary amides is 1. The van der Waals surface area contributed by atoms with Crippen LogP contribution in [0.2, 0.25) is 0 Å². The van der Waals surface area contributed by atoms with Gasteiger partial charge in [-0.05, 0) is 18.8 Å². The summed E-state index contributed by atoms with van der Waals surface area (Å²) in [4.78, 5) is 20.6. The summed E-state index contributed by atoms with van der Waals surface area (Å²) in [6.45, 7) is 0.599. The summed E-state index contributed by atoms with van der Waals surface area (Å²) in [5, 5.41) is 2.43. The molecular weight excluding hydrogens is 132 g/mol. The standard InChI is InChI=1S/C6H10N2O2/c7-5(9)6(10)8-3-4-1-2-4/h4H,1-3H2,(H2,7,9)(H,8,10). The lowest BCUT2D eigenvalue weighted by atomic mass is 10.4. The Kier molecular flexibility index (Phi) is 1.89. The van der Waals surface area contributed by atoms with Gasteiger partial charge >= 0.3 is 11.8 Å². The molecular formula is C6H10N2O2. The van der Waals surface area contributed by atoms with Gasteiger partial charge in [0.2, 0.25) is 0 Å². The van der Waals surface area contributed by atoms with Crippen molar-refractivity contribution < 1.29 is 9.59 Å². The lowest BCUT2D eigenvalue weighted by Crippen LogP contribution is -2.36. The molecule has 1 aliphatic carbocycles. The fourth-order valence-electron chi connectivity index (χ4n) is 0.646. The van der Waals surface area contributed by atoms with Crippen molar-refractivity contribution in [3.8, 4) is 0 Å². The third-order valence-corrected chi connectivity index (χ3v) is 1.47. The Morgan fingerprint density at radius 2 is 2.10 bits per heavy atom. The summed E-state index contributed by atoms with van der Waals surface area (Å²) in [5.41, 5.74) is 4.69. The molecule has 0 aromatic heterocycles. The molecule has 1 fully saturated rings. The SMILES string of the molecule is NC(=O)C(=O)NCC1CC1. The fourth-order valence-corrected chi connectivity index (χ4v) is 0.646. The molecule has 1 saturated carbocycles. The summed E-state index contributed by atoms with van der Waals surface area (Å²) in [5.74, 6) is -0.990. The van der Waals surface area contributed by atoms with Crippen LogP contribution in [0.4, 0.5) is 0 Å². The minimum atomic E-state index is -0.902. The zero-order chi connectivity index (χ0) is 7.56. The zero-order valence-corrected chi connectivity index (χ0v) is 5.59. The van der Waals surface area contributed by atoms with Gasteiger partial charge < -0.3 is 11.1 Å². The van der Waals surface area contributed by atoms with E-state index >= 15 is 0 Å². The summed E-state index contributed by atoms with van der Waals surface area (Å²) < 4.78 is 0. The van der Waals surface area contributed by atoms with Gasteiger partial charge in [-0.1, -0.05) is 0 Å². The molecule has 4 heteroatoms. The average Bonchev–Trinajstić information content (AvgIpc) is 2.64. The van der Waals surface area contributed by atoms with Crippen LogP contribution in [0.15, 0.2) is 0 Å². The van der Waals surface area contributed by atoms with E-state index in [9.17, 15) is 9.59 Å². The first-order valence-corrected chi connectivity index (χ1v) is 3.28. The molecule has 3 N–H and O–H groups in total. The van der Waals surface area contributed by atoms with Crippen LogP contribution in [0.3, 0.4) is 0 Å². The molecule has 4 nitrogen and oxygen atoms in total. The second-order valence-electron chi connectivity index (χ2n) is 2.52. The van der Waals surface area contributed by atoms with Gasteiger partial charge in [0.05, 0.1) is 0 Å². The topological polar surface area (TPSA) is 72.2 Å². The first-order valence-electron chi connectivity index (χ1n) is 3.28. The van der Waals surface area contributed by atoms with Crippen molar-refractivity contribution in [2.75, 3.05) is 6.54 Å². The summed E-state index contributed by atoms with van der Waals surface area (Å²) in [7, 11) is 0. The molecule has 0 unspecified atom stereocenters. The predicted octanol–water partition coefficient (Wildman–Crippen LogP) is -1.00. The number of carbonyl (C=O) groups is 2. The van der Waals surface area contributed by atoms with Crippen LogP contribution < -0.4 is 11.1 Å². The minimum absolute atomic E-state index is 0.586. The van der Waals surface area contributed by atoms with Crippen molar-refractivity contribution in [3.63, 3.8) is 0 Å². The minimum Gasteiger partial charge on any atom is -0.361 e. The van der Waals surface area contributed by atoms with Crippen LogP contribution in [0.1, 0.15) is 12.8 Å². The van der Waals surface area contributed by atoms with E-state index in [1.807, 2.05) is 0 Å². The molecule has 0 saturated heterocycles. The quantitative estimate of drug-likeness (QED) is 0.485. The number of amides is 2. The Balaban J connectivity index is 2.11. The highest BCUT2D eigenvalue weighted by atomic mass is 16.2. The van der Waals surface area contributed by atoms with Crippen molar-refractivity contribution in [3.05, 3.63) is 0 Å². The van der Waals surface area contributed by atoms with Gasteiger partial charge in [0.1, 0.15) is 0 Å². The van der Waals surface area contributed by atoms with E-state index in [2.05, 4.69) is 5.32 Å². The Bertz CT molecular complexity index is 163. The van der Waals surface area contributed by atoms with Crippen molar-refractivity contribution >= 4 is 11.8 Å². The molecule has 0 radical (unpaired) electrons. The van der Waals surface area contributed by atoms with E-state index in [0.29, 0.717) is 12.5 Å². The van der Waals surface area contributed by atoms with Gasteiger partial charge in [-0.15, -0.1) is 0 Å². The zero-order valence-electron chi connectivity index (χ0n) is 5.59. The molecule has 2 amide bonds. The van der Waals surface area contributed by atoms with Crippen LogP contribution in [-0.4, -0.2) is 18.4 Å². The van der Waals surface area contributed by atoms with E-state index in [1.165, 1.54) is 0 Å². The predicted molar refractivity (Wildman–Crippen MR) is 34.9 cm³/mol. The highest BCUT2D eigenvalue weighted by Crippen LogP contribution is 2.27. The van der Waals surface area contributed by atoms with E-state index in [1.54, 1.807) is 0 Å². The van der Waals surface area contributed by atoms with Gasteiger partial charge in [0.25, 0.3) is 0 Å². The van der Waals surface area contributed by atoms with Crippen molar-refractivity contribution in [1.82, 2.24) is 5.32 Å². The Morgan fingerprint density at radius 1 is 1.50 bits per heavy atom. The maximum Gasteiger partial charge on any atom is 0.309 e. The molecule has 10 heavy (non-hydrogen) atoms. The first-order chi connectivity index (χ1) is 4.70. The molecule has 0 aromatic rings. The van der Waals surface area contributed by atoms with E-state index in [0.717, 1.165) is 12.8 Å². The van der Waals surface area contributed by atoms with Crippen molar-refractivity contribution in [2.45, 2.75) is 12.8 Å². The third kappa shape index (κ3) is 2.05. The van der Waals surface area contributed by atoms with Gasteiger partial charge in [0, 0.05) is 6.54 Å². The Morgan fingerprint density at radius 3 is 2.50 bits per heavy atom. The molecule has 0 aliphatic heterocycles. The molecule has 0 atom stereocenters. The normalized spacial score (nSPS) is 16.4. The maximum atomic E-state index is 10.5. The van der Waals surface area contributed by atoms with Gasteiger partial charge in [0.15, 0.2) is 0 Å². The average molecular weight is 142 g/mol. The molecule has 0 heterocycles. The monoisotopic (exact) mass is 142 g/mol. The lowest BCUT2D eigenvalue weighted by molar-refractivity contribution is -0.137. The number of rotatable bonds is 2. The summed E-state index contributed by atoms with van der Waals surface area (Å²) in [6.07, 6.45) is 2.30. The lowest BCUT2D eigenvalue weighted by Gasteiger charge is -1.97. The van der Waals surface area contributed by atoms with E-state index < -0.39 is 11.8 Å². The second kappa shape index (κ2) is 2.68. The highest BCUT2D eigenvalue weighted by molar-refractivity contribution is 6.34. The molecule has 0 aromatic carbocycles. The second-order valence-corrected chi connectivity index (χ2v) is 2.52. The third-order valence-electron chi connectivity index (χ3n) is 1.47. The van der Waals surface area contributed by atoms with Crippen LogP contribution in [-0.2, 0) is 9.59 Å². The maximum absolute atomic E-state index is 10.5. The van der Waals surface area contributed by atoms with Crippen molar-refractivity contribution in [2.24, 2.45) is 11.7 Å².